The minimum absolute atomic E-state index is 0.638. The van der Waals surface area contributed by atoms with Crippen LogP contribution >= 0.6 is 0 Å². The lowest BCUT2D eigenvalue weighted by molar-refractivity contribution is 0.593. The van der Waals surface area contributed by atoms with Gasteiger partial charge in [-0.2, -0.15) is 5.10 Å². The fourth-order valence-corrected chi connectivity index (χ4v) is 1.46. The molecule has 0 bridgehead atoms. The van der Waals surface area contributed by atoms with Crippen molar-refractivity contribution in [2.45, 2.75) is 20.3 Å². The summed E-state index contributed by atoms with van der Waals surface area (Å²) in [6, 6.07) is 3.92. The number of nitrogens with zero attached hydrogens (tertiary/aromatic N) is 4. The van der Waals surface area contributed by atoms with Crippen LogP contribution in [0.15, 0.2) is 31.0 Å². The van der Waals surface area contributed by atoms with Gasteiger partial charge in [0.15, 0.2) is 5.82 Å². The summed E-state index contributed by atoms with van der Waals surface area (Å²) in [4.78, 5) is 8.26. The largest absolute Gasteiger partial charge is 0.382 e. The van der Waals surface area contributed by atoms with E-state index in [-0.39, 0.29) is 0 Å². The van der Waals surface area contributed by atoms with E-state index in [1.54, 1.807) is 17.2 Å². The van der Waals surface area contributed by atoms with Crippen molar-refractivity contribution in [3.05, 3.63) is 31.0 Å². The highest BCUT2D eigenvalue weighted by Gasteiger charge is 2.06. The summed E-state index contributed by atoms with van der Waals surface area (Å²) in [6.45, 7) is 5.34. The molecule has 2 aromatic heterocycles. The van der Waals surface area contributed by atoms with Gasteiger partial charge in [-0.25, -0.2) is 14.6 Å². The Morgan fingerprint density at radius 1 is 1.47 bits per heavy atom. The highest BCUT2D eigenvalue weighted by molar-refractivity contribution is 5.55. The molecule has 2 rings (SSSR count). The first-order chi connectivity index (χ1) is 8.31. The standard InChI is InChI=1S/C12H17N5/c1-3-10(2)7-15-11-5-4-6-14-12(11)17-9-13-8-16-17/h4-6,8-10,15H,3,7H2,1-2H3. The Hall–Kier alpha value is -1.91. The molecule has 0 aliphatic carbocycles. The summed E-state index contributed by atoms with van der Waals surface area (Å²) < 4.78 is 1.67. The fraction of sp³-hybridized carbons (Fsp3) is 0.417. The summed E-state index contributed by atoms with van der Waals surface area (Å²) in [5, 5.41) is 7.50. The van der Waals surface area contributed by atoms with Crippen molar-refractivity contribution in [3.8, 4) is 5.82 Å². The monoisotopic (exact) mass is 231 g/mol. The highest BCUT2D eigenvalue weighted by atomic mass is 15.3. The van der Waals surface area contributed by atoms with E-state index >= 15 is 0 Å². The van der Waals surface area contributed by atoms with E-state index in [2.05, 4.69) is 34.2 Å². The number of nitrogens with one attached hydrogen (secondary N) is 1. The first-order valence-corrected chi connectivity index (χ1v) is 5.85. The molecule has 5 nitrogen and oxygen atoms in total. The van der Waals surface area contributed by atoms with E-state index in [4.69, 9.17) is 0 Å². The number of hydrogen-bond donors (Lipinski definition) is 1. The van der Waals surface area contributed by atoms with Crippen molar-refractivity contribution in [2.24, 2.45) is 5.92 Å². The molecule has 0 radical (unpaired) electrons. The molecule has 1 N–H and O–H groups in total. The lowest BCUT2D eigenvalue weighted by Crippen LogP contribution is -2.13. The molecule has 1 unspecified atom stereocenters. The van der Waals surface area contributed by atoms with Crippen LogP contribution in [0.1, 0.15) is 20.3 Å². The third-order valence-electron chi connectivity index (χ3n) is 2.76. The molecule has 0 aromatic carbocycles. The van der Waals surface area contributed by atoms with Crippen molar-refractivity contribution in [1.29, 1.82) is 0 Å². The number of anilines is 1. The smallest absolute Gasteiger partial charge is 0.178 e. The second-order valence-corrected chi connectivity index (χ2v) is 4.11. The van der Waals surface area contributed by atoms with Crippen LogP contribution < -0.4 is 5.32 Å². The Labute approximate surface area is 101 Å². The van der Waals surface area contributed by atoms with Crippen LogP contribution in [0.25, 0.3) is 5.82 Å². The normalized spacial score (nSPS) is 12.4. The molecule has 2 aromatic rings. The maximum Gasteiger partial charge on any atom is 0.178 e. The molecule has 5 heteroatoms. The van der Waals surface area contributed by atoms with E-state index < -0.39 is 0 Å². The Bertz CT molecular complexity index is 452. The van der Waals surface area contributed by atoms with Gasteiger partial charge in [0.25, 0.3) is 0 Å². The number of hydrogen-bond acceptors (Lipinski definition) is 4. The second kappa shape index (κ2) is 5.43. The Balaban J connectivity index is 2.17. The molecule has 1 atom stereocenters. The molecule has 90 valence electrons. The lowest BCUT2D eigenvalue weighted by atomic mass is 10.1. The van der Waals surface area contributed by atoms with Crippen molar-refractivity contribution in [2.75, 3.05) is 11.9 Å². The van der Waals surface area contributed by atoms with Crippen LogP contribution in [0, 0.1) is 5.92 Å². The predicted molar refractivity (Wildman–Crippen MR) is 67.1 cm³/mol. The number of aromatic nitrogens is 4. The Morgan fingerprint density at radius 2 is 2.35 bits per heavy atom. The van der Waals surface area contributed by atoms with Gasteiger partial charge in [-0.15, -0.1) is 0 Å². The minimum Gasteiger partial charge on any atom is -0.382 e. The molecule has 2 heterocycles. The average molecular weight is 231 g/mol. The van der Waals surface area contributed by atoms with E-state index in [0.717, 1.165) is 24.5 Å². The van der Waals surface area contributed by atoms with E-state index in [0.29, 0.717) is 5.92 Å². The van der Waals surface area contributed by atoms with Crippen LogP contribution in [0.3, 0.4) is 0 Å². The fourth-order valence-electron chi connectivity index (χ4n) is 1.46. The molecule has 0 saturated heterocycles. The maximum atomic E-state index is 4.32. The van der Waals surface area contributed by atoms with Crippen molar-refractivity contribution in [3.63, 3.8) is 0 Å². The van der Waals surface area contributed by atoms with Gasteiger partial charge in [-0.3, -0.25) is 0 Å². The van der Waals surface area contributed by atoms with Gasteiger partial charge in [0.2, 0.25) is 0 Å². The molecular formula is C12H17N5. The maximum absolute atomic E-state index is 4.32. The molecular weight excluding hydrogens is 214 g/mol. The van der Waals surface area contributed by atoms with Gasteiger partial charge < -0.3 is 5.32 Å². The average Bonchev–Trinajstić information content (AvgIpc) is 2.90. The van der Waals surface area contributed by atoms with Crippen molar-refractivity contribution < 1.29 is 0 Å². The lowest BCUT2D eigenvalue weighted by Gasteiger charge is -2.13. The topological polar surface area (TPSA) is 55.6 Å². The first-order valence-electron chi connectivity index (χ1n) is 5.85. The Kier molecular flexibility index (Phi) is 3.69. The summed E-state index contributed by atoms with van der Waals surface area (Å²) >= 11 is 0. The van der Waals surface area contributed by atoms with Gasteiger partial charge in [0, 0.05) is 12.7 Å². The van der Waals surface area contributed by atoms with Gasteiger partial charge in [-0.1, -0.05) is 20.3 Å². The third kappa shape index (κ3) is 2.81. The molecule has 0 saturated carbocycles. The molecule has 17 heavy (non-hydrogen) atoms. The second-order valence-electron chi connectivity index (χ2n) is 4.11. The Morgan fingerprint density at radius 3 is 3.06 bits per heavy atom. The zero-order valence-corrected chi connectivity index (χ0v) is 10.2. The van der Waals surface area contributed by atoms with Crippen LogP contribution in [0.4, 0.5) is 5.69 Å². The van der Waals surface area contributed by atoms with E-state index in [1.165, 1.54) is 6.33 Å². The zero-order chi connectivity index (χ0) is 12.1. The quantitative estimate of drug-likeness (QED) is 0.856. The predicted octanol–water partition coefficient (Wildman–Crippen LogP) is 2.12. The highest BCUT2D eigenvalue weighted by Crippen LogP contribution is 2.16. The zero-order valence-electron chi connectivity index (χ0n) is 10.2. The summed E-state index contributed by atoms with van der Waals surface area (Å²) in [6.07, 6.45) is 6.07. The van der Waals surface area contributed by atoms with Crippen LogP contribution in [0.5, 0.6) is 0 Å². The van der Waals surface area contributed by atoms with E-state index in [1.807, 2.05) is 12.1 Å². The molecule has 0 amide bonds. The summed E-state index contributed by atoms with van der Waals surface area (Å²) in [5.74, 6) is 1.42. The van der Waals surface area contributed by atoms with Gasteiger partial charge >= 0.3 is 0 Å². The van der Waals surface area contributed by atoms with Crippen LogP contribution in [-0.2, 0) is 0 Å². The minimum atomic E-state index is 0.638. The SMILES string of the molecule is CCC(C)CNc1cccnc1-n1cncn1. The summed E-state index contributed by atoms with van der Waals surface area (Å²) in [5.41, 5.74) is 0.985. The van der Waals surface area contributed by atoms with Crippen LogP contribution in [0.2, 0.25) is 0 Å². The van der Waals surface area contributed by atoms with Crippen LogP contribution in [-0.4, -0.2) is 26.3 Å². The van der Waals surface area contributed by atoms with Gasteiger partial charge in [-0.05, 0) is 18.1 Å². The van der Waals surface area contributed by atoms with E-state index in [9.17, 15) is 0 Å². The molecule has 0 aliphatic heterocycles. The van der Waals surface area contributed by atoms with Crippen molar-refractivity contribution in [1.82, 2.24) is 19.7 Å². The molecule has 0 spiro atoms. The van der Waals surface area contributed by atoms with Gasteiger partial charge in [0.05, 0.1) is 5.69 Å². The molecule has 0 aliphatic rings. The van der Waals surface area contributed by atoms with Crippen molar-refractivity contribution >= 4 is 5.69 Å². The van der Waals surface area contributed by atoms with Gasteiger partial charge in [0.1, 0.15) is 12.7 Å². The summed E-state index contributed by atoms with van der Waals surface area (Å²) in [7, 11) is 0. The number of rotatable bonds is 5. The third-order valence-corrected chi connectivity index (χ3v) is 2.76. The first kappa shape index (κ1) is 11.6. The molecule has 0 fully saturated rings. The number of pyridine rings is 1.